The summed E-state index contributed by atoms with van der Waals surface area (Å²) in [4.78, 5) is 15.1. The van der Waals surface area contributed by atoms with E-state index >= 15 is 0 Å². The summed E-state index contributed by atoms with van der Waals surface area (Å²) in [6, 6.07) is 7.32. The van der Waals surface area contributed by atoms with Gasteiger partial charge in [0.25, 0.3) is 5.91 Å². The Kier molecular flexibility index (Phi) is 6.16. The van der Waals surface area contributed by atoms with Crippen LogP contribution in [0.1, 0.15) is 60.8 Å². The Morgan fingerprint density at radius 1 is 1.12 bits per heavy atom. The van der Waals surface area contributed by atoms with Gasteiger partial charge in [-0.05, 0) is 37.1 Å². The van der Waals surface area contributed by atoms with Gasteiger partial charge in [-0.25, -0.2) is 0 Å². The molecule has 4 rings (SSSR count). The number of piperidine rings is 1. The lowest BCUT2D eigenvalue weighted by Gasteiger charge is -2.30. The molecule has 9 heteroatoms. The van der Waals surface area contributed by atoms with Gasteiger partial charge in [-0.15, -0.1) is 10.2 Å². The van der Waals surface area contributed by atoms with E-state index in [0.29, 0.717) is 47.8 Å². The highest BCUT2D eigenvalue weighted by Crippen LogP contribution is 2.34. The van der Waals surface area contributed by atoms with Crippen LogP contribution in [0.5, 0.6) is 11.5 Å². The smallest absolute Gasteiger partial charge is 0.272 e. The van der Waals surface area contributed by atoms with Gasteiger partial charge in [0.1, 0.15) is 17.2 Å². The van der Waals surface area contributed by atoms with E-state index in [0.717, 1.165) is 18.4 Å². The third kappa shape index (κ3) is 4.19. The van der Waals surface area contributed by atoms with Crippen molar-refractivity contribution in [2.45, 2.75) is 38.5 Å². The molecule has 170 valence electrons. The van der Waals surface area contributed by atoms with Crippen LogP contribution in [0.15, 0.2) is 28.7 Å². The molecular formula is C23H29N5O4. The van der Waals surface area contributed by atoms with Crippen molar-refractivity contribution in [3.05, 3.63) is 41.7 Å². The zero-order chi connectivity index (χ0) is 22.8. The van der Waals surface area contributed by atoms with Crippen molar-refractivity contribution in [1.82, 2.24) is 24.9 Å². The van der Waals surface area contributed by atoms with Gasteiger partial charge in [-0.2, -0.15) is 5.10 Å². The average molecular weight is 440 g/mol. The Balaban J connectivity index is 1.49. The monoisotopic (exact) mass is 439 g/mol. The molecule has 0 spiro atoms. The summed E-state index contributed by atoms with van der Waals surface area (Å²) in [5.41, 5.74) is 1.97. The van der Waals surface area contributed by atoms with E-state index in [1.165, 1.54) is 0 Å². The number of benzene rings is 1. The standard InChI is InChI=1S/C23H29N5O4/c1-14(2)21-24-25-22(32-21)15-8-10-28(11-9-15)23(29)19-13-18(26-27(19)3)17-12-16(30-4)6-7-20(17)31-5/h6-7,12-15H,8-11H2,1-5H3. The maximum atomic E-state index is 13.2. The van der Waals surface area contributed by atoms with Gasteiger partial charge in [0.2, 0.25) is 11.8 Å². The SMILES string of the molecule is COc1ccc(OC)c(-c2cc(C(=O)N3CCC(c4nnc(C(C)C)o4)CC3)n(C)n2)c1. The second-order valence-corrected chi connectivity index (χ2v) is 8.30. The third-order valence-electron chi connectivity index (χ3n) is 5.86. The molecule has 1 fully saturated rings. The molecule has 1 aliphatic heterocycles. The molecule has 3 heterocycles. The maximum Gasteiger partial charge on any atom is 0.272 e. The highest BCUT2D eigenvalue weighted by atomic mass is 16.5. The molecule has 0 N–H and O–H groups in total. The van der Waals surface area contributed by atoms with E-state index < -0.39 is 0 Å². The van der Waals surface area contributed by atoms with Gasteiger partial charge in [0.05, 0.1) is 19.9 Å². The van der Waals surface area contributed by atoms with Crippen LogP contribution in [0.25, 0.3) is 11.3 Å². The molecule has 1 saturated heterocycles. The number of hydrogen-bond donors (Lipinski definition) is 0. The van der Waals surface area contributed by atoms with Gasteiger partial charge in [0, 0.05) is 37.5 Å². The Morgan fingerprint density at radius 3 is 2.50 bits per heavy atom. The van der Waals surface area contributed by atoms with Crippen molar-refractivity contribution in [3.63, 3.8) is 0 Å². The molecule has 0 radical (unpaired) electrons. The van der Waals surface area contributed by atoms with Crippen LogP contribution in [-0.2, 0) is 7.05 Å². The molecule has 0 saturated carbocycles. The maximum absolute atomic E-state index is 13.2. The summed E-state index contributed by atoms with van der Waals surface area (Å²) >= 11 is 0. The van der Waals surface area contributed by atoms with Crippen molar-refractivity contribution < 1.29 is 18.7 Å². The zero-order valence-corrected chi connectivity index (χ0v) is 19.2. The lowest BCUT2D eigenvalue weighted by atomic mass is 9.96. The molecule has 0 atom stereocenters. The van der Waals surface area contributed by atoms with E-state index in [9.17, 15) is 4.79 Å². The summed E-state index contributed by atoms with van der Waals surface area (Å²) in [6.07, 6.45) is 1.58. The summed E-state index contributed by atoms with van der Waals surface area (Å²) < 4.78 is 18.2. The van der Waals surface area contributed by atoms with Crippen LogP contribution in [0.2, 0.25) is 0 Å². The highest BCUT2D eigenvalue weighted by Gasteiger charge is 2.29. The molecule has 9 nitrogen and oxygen atoms in total. The molecular weight excluding hydrogens is 410 g/mol. The van der Waals surface area contributed by atoms with E-state index in [1.807, 2.05) is 36.9 Å². The number of hydrogen-bond acceptors (Lipinski definition) is 7. The molecule has 2 aromatic heterocycles. The molecule has 0 unspecified atom stereocenters. The van der Waals surface area contributed by atoms with E-state index in [2.05, 4.69) is 15.3 Å². The molecule has 1 aliphatic rings. The van der Waals surface area contributed by atoms with Crippen molar-refractivity contribution in [2.24, 2.45) is 7.05 Å². The van der Waals surface area contributed by atoms with Crippen molar-refractivity contribution in [3.8, 4) is 22.8 Å². The fourth-order valence-electron chi connectivity index (χ4n) is 3.95. The fourth-order valence-corrected chi connectivity index (χ4v) is 3.95. The number of carbonyl (C=O) groups excluding carboxylic acids is 1. The summed E-state index contributed by atoms with van der Waals surface area (Å²) in [5.74, 6) is 3.05. The Hall–Kier alpha value is -3.36. The Bertz CT molecular complexity index is 1100. The van der Waals surface area contributed by atoms with Crippen molar-refractivity contribution in [2.75, 3.05) is 27.3 Å². The van der Waals surface area contributed by atoms with Crippen LogP contribution in [0, 0.1) is 0 Å². The minimum Gasteiger partial charge on any atom is -0.497 e. The topological polar surface area (TPSA) is 95.5 Å². The zero-order valence-electron chi connectivity index (χ0n) is 19.2. The predicted molar refractivity (Wildman–Crippen MR) is 118 cm³/mol. The first-order chi connectivity index (χ1) is 15.4. The fraction of sp³-hybridized carbons (Fsp3) is 0.478. The number of methoxy groups -OCH3 is 2. The van der Waals surface area contributed by atoms with Crippen molar-refractivity contribution in [1.29, 1.82) is 0 Å². The van der Waals surface area contributed by atoms with Crippen LogP contribution >= 0.6 is 0 Å². The molecule has 0 bridgehead atoms. The van der Waals surface area contributed by atoms with E-state index in [1.54, 1.807) is 32.0 Å². The first kappa shape index (κ1) is 21.9. The van der Waals surface area contributed by atoms with Crippen LogP contribution < -0.4 is 9.47 Å². The average Bonchev–Trinajstić information content (AvgIpc) is 3.45. The first-order valence-electron chi connectivity index (χ1n) is 10.8. The number of aryl methyl sites for hydroxylation is 1. The van der Waals surface area contributed by atoms with Gasteiger partial charge in [-0.3, -0.25) is 9.48 Å². The predicted octanol–water partition coefficient (Wildman–Crippen LogP) is 3.63. The second kappa shape index (κ2) is 9.02. The van der Waals surface area contributed by atoms with Gasteiger partial charge in [0.15, 0.2) is 0 Å². The minimum absolute atomic E-state index is 0.0417. The second-order valence-electron chi connectivity index (χ2n) is 8.30. The lowest BCUT2D eigenvalue weighted by Crippen LogP contribution is -2.38. The Morgan fingerprint density at radius 2 is 1.88 bits per heavy atom. The van der Waals surface area contributed by atoms with Gasteiger partial charge < -0.3 is 18.8 Å². The van der Waals surface area contributed by atoms with E-state index in [-0.39, 0.29) is 17.7 Å². The molecule has 3 aromatic rings. The summed E-state index contributed by atoms with van der Waals surface area (Å²) in [6.45, 7) is 5.32. The number of amides is 1. The number of rotatable bonds is 6. The number of ether oxygens (including phenoxy) is 2. The van der Waals surface area contributed by atoms with E-state index in [4.69, 9.17) is 13.9 Å². The van der Waals surface area contributed by atoms with Gasteiger partial charge >= 0.3 is 0 Å². The van der Waals surface area contributed by atoms with Gasteiger partial charge in [-0.1, -0.05) is 13.8 Å². The van der Waals surface area contributed by atoms with Crippen LogP contribution in [0.4, 0.5) is 0 Å². The lowest BCUT2D eigenvalue weighted by molar-refractivity contribution is 0.0694. The molecule has 1 amide bonds. The quantitative estimate of drug-likeness (QED) is 0.579. The van der Waals surface area contributed by atoms with Crippen molar-refractivity contribution >= 4 is 5.91 Å². The number of aromatic nitrogens is 4. The summed E-state index contributed by atoms with van der Waals surface area (Å²) in [7, 11) is 5.00. The normalized spacial score (nSPS) is 14.8. The van der Waals surface area contributed by atoms with Crippen LogP contribution in [-0.4, -0.2) is 58.1 Å². The third-order valence-corrected chi connectivity index (χ3v) is 5.86. The molecule has 0 aliphatic carbocycles. The number of nitrogens with zero attached hydrogens (tertiary/aromatic N) is 5. The summed E-state index contributed by atoms with van der Waals surface area (Å²) in [5, 5.41) is 12.9. The minimum atomic E-state index is -0.0417. The first-order valence-corrected chi connectivity index (χ1v) is 10.8. The molecule has 1 aromatic carbocycles. The van der Waals surface area contributed by atoms with Crippen LogP contribution in [0.3, 0.4) is 0 Å². The molecule has 32 heavy (non-hydrogen) atoms. The Labute approximate surface area is 187 Å². The number of carbonyl (C=O) groups is 1. The number of likely N-dealkylation sites (tertiary alicyclic amines) is 1. The highest BCUT2D eigenvalue weighted by molar-refractivity contribution is 5.94. The largest absolute Gasteiger partial charge is 0.497 e.